The first-order valence-corrected chi connectivity index (χ1v) is 7.12. The molecule has 0 saturated heterocycles. The topological polar surface area (TPSA) is 104 Å². The highest BCUT2D eigenvalue weighted by molar-refractivity contribution is 5.96. The Hall–Kier alpha value is -3.00. The summed E-state index contributed by atoms with van der Waals surface area (Å²) in [5.74, 6) is -0.129. The maximum Gasteiger partial charge on any atom is 0.341 e. The Bertz CT molecular complexity index is 731. The Labute approximate surface area is 138 Å². The highest BCUT2D eigenvalue weighted by Crippen LogP contribution is 2.25. The van der Waals surface area contributed by atoms with Gasteiger partial charge in [0.15, 0.2) is 0 Å². The number of nitrogens with zero attached hydrogens (tertiary/aromatic N) is 2. The SMILES string of the molecule is COCCNc1ncc(-c2ccc([N+](=O)[O-])cc2)cc1C(=O)OC. The van der Waals surface area contributed by atoms with Gasteiger partial charge < -0.3 is 14.8 Å². The van der Waals surface area contributed by atoms with E-state index >= 15 is 0 Å². The van der Waals surface area contributed by atoms with Crippen LogP contribution in [0.5, 0.6) is 0 Å². The number of non-ortho nitro benzene ring substituents is 1. The fraction of sp³-hybridized carbons (Fsp3) is 0.250. The van der Waals surface area contributed by atoms with E-state index in [-0.39, 0.29) is 11.3 Å². The van der Waals surface area contributed by atoms with Crippen LogP contribution < -0.4 is 5.32 Å². The summed E-state index contributed by atoms with van der Waals surface area (Å²) in [6, 6.07) is 7.65. The van der Waals surface area contributed by atoms with E-state index in [1.807, 2.05) is 0 Å². The normalized spacial score (nSPS) is 10.2. The first-order chi connectivity index (χ1) is 11.6. The maximum atomic E-state index is 12.0. The number of nitro groups is 1. The van der Waals surface area contributed by atoms with Gasteiger partial charge in [0.2, 0.25) is 0 Å². The van der Waals surface area contributed by atoms with Crippen LogP contribution in [0.2, 0.25) is 0 Å². The monoisotopic (exact) mass is 331 g/mol. The highest BCUT2D eigenvalue weighted by Gasteiger charge is 2.15. The molecule has 1 aromatic heterocycles. The Morgan fingerprint density at radius 1 is 1.25 bits per heavy atom. The van der Waals surface area contributed by atoms with Crippen LogP contribution in [0.25, 0.3) is 11.1 Å². The average Bonchev–Trinajstić information content (AvgIpc) is 2.61. The van der Waals surface area contributed by atoms with E-state index in [1.54, 1.807) is 31.5 Å². The largest absolute Gasteiger partial charge is 0.465 e. The summed E-state index contributed by atoms with van der Waals surface area (Å²) in [5.41, 5.74) is 1.64. The molecule has 0 saturated carbocycles. The molecule has 0 amide bonds. The van der Waals surface area contributed by atoms with Crippen LogP contribution >= 0.6 is 0 Å². The lowest BCUT2D eigenvalue weighted by Crippen LogP contribution is -2.14. The van der Waals surface area contributed by atoms with Gasteiger partial charge in [0, 0.05) is 37.5 Å². The highest BCUT2D eigenvalue weighted by atomic mass is 16.6. The van der Waals surface area contributed by atoms with Crippen LogP contribution in [-0.4, -0.2) is 43.2 Å². The Balaban J connectivity index is 2.34. The maximum absolute atomic E-state index is 12.0. The molecule has 0 bridgehead atoms. The zero-order chi connectivity index (χ0) is 17.5. The molecule has 0 radical (unpaired) electrons. The van der Waals surface area contributed by atoms with Crippen molar-refractivity contribution >= 4 is 17.5 Å². The van der Waals surface area contributed by atoms with E-state index in [0.717, 1.165) is 0 Å². The molecule has 0 aliphatic heterocycles. The summed E-state index contributed by atoms with van der Waals surface area (Å²) >= 11 is 0. The Morgan fingerprint density at radius 2 is 1.96 bits per heavy atom. The van der Waals surface area contributed by atoms with Gasteiger partial charge in [-0.3, -0.25) is 10.1 Å². The molecule has 1 N–H and O–H groups in total. The fourth-order valence-corrected chi connectivity index (χ4v) is 2.08. The summed E-state index contributed by atoms with van der Waals surface area (Å²) in [4.78, 5) is 26.5. The molecule has 126 valence electrons. The van der Waals surface area contributed by atoms with Gasteiger partial charge in [-0.2, -0.15) is 0 Å². The molecule has 2 rings (SSSR count). The molecule has 0 spiro atoms. The number of nitro benzene ring substituents is 1. The van der Waals surface area contributed by atoms with E-state index in [0.29, 0.717) is 30.1 Å². The van der Waals surface area contributed by atoms with Gasteiger partial charge in [-0.1, -0.05) is 0 Å². The number of methoxy groups -OCH3 is 2. The Kier molecular flexibility index (Phi) is 5.80. The molecule has 8 heteroatoms. The molecule has 2 aromatic rings. The van der Waals surface area contributed by atoms with E-state index in [1.165, 1.54) is 19.2 Å². The van der Waals surface area contributed by atoms with Gasteiger partial charge >= 0.3 is 5.97 Å². The summed E-state index contributed by atoms with van der Waals surface area (Å²) in [6.45, 7) is 0.955. The van der Waals surface area contributed by atoms with Crippen LogP contribution in [0.15, 0.2) is 36.5 Å². The van der Waals surface area contributed by atoms with Crippen molar-refractivity contribution in [3.05, 3.63) is 52.2 Å². The fourth-order valence-electron chi connectivity index (χ4n) is 2.08. The van der Waals surface area contributed by atoms with Crippen molar-refractivity contribution in [1.29, 1.82) is 0 Å². The van der Waals surface area contributed by atoms with Crippen LogP contribution in [0.1, 0.15) is 10.4 Å². The van der Waals surface area contributed by atoms with Crippen molar-refractivity contribution in [3.8, 4) is 11.1 Å². The number of benzene rings is 1. The number of nitrogens with one attached hydrogen (secondary N) is 1. The molecule has 1 heterocycles. The smallest absolute Gasteiger partial charge is 0.341 e. The molecule has 1 aromatic carbocycles. The number of hydrogen-bond donors (Lipinski definition) is 1. The number of hydrogen-bond acceptors (Lipinski definition) is 7. The molecule has 0 atom stereocenters. The van der Waals surface area contributed by atoms with Crippen molar-refractivity contribution in [2.24, 2.45) is 0 Å². The summed E-state index contributed by atoms with van der Waals surface area (Å²) < 4.78 is 9.74. The van der Waals surface area contributed by atoms with Crippen molar-refractivity contribution in [3.63, 3.8) is 0 Å². The second-order valence-electron chi connectivity index (χ2n) is 4.84. The van der Waals surface area contributed by atoms with Crippen molar-refractivity contribution in [2.45, 2.75) is 0 Å². The minimum atomic E-state index is -0.522. The molecular formula is C16H17N3O5. The third-order valence-electron chi connectivity index (χ3n) is 3.30. The van der Waals surface area contributed by atoms with Gasteiger partial charge in [0.1, 0.15) is 11.4 Å². The summed E-state index contributed by atoms with van der Waals surface area (Å²) in [6.07, 6.45) is 1.59. The second-order valence-corrected chi connectivity index (χ2v) is 4.84. The number of rotatable bonds is 7. The minimum Gasteiger partial charge on any atom is -0.465 e. The molecule has 0 aliphatic rings. The number of aromatic nitrogens is 1. The standard InChI is InChI=1S/C16H17N3O5/c1-23-8-7-17-15-14(16(20)24-2)9-12(10-18-15)11-3-5-13(6-4-11)19(21)22/h3-6,9-10H,7-8H2,1-2H3,(H,17,18). The molecular weight excluding hydrogens is 314 g/mol. The predicted octanol–water partition coefficient (Wildman–Crippen LogP) is 2.50. The van der Waals surface area contributed by atoms with Gasteiger partial charge in [-0.05, 0) is 23.8 Å². The van der Waals surface area contributed by atoms with E-state index in [4.69, 9.17) is 9.47 Å². The van der Waals surface area contributed by atoms with Crippen molar-refractivity contribution in [1.82, 2.24) is 4.98 Å². The predicted molar refractivity (Wildman–Crippen MR) is 88.0 cm³/mol. The van der Waals surface area contributed by atoms with E-state index in [9.17, 15) is 14.9 Å². The first kappa shape index (κ1) is 17.4. The van der Waals surface area contributed by atoms with Gasteiger partial charge in [0.05, 0.1) is 18.6 Å². The molecule has 0 aliphatic carbocycles. The molecule has 24 heavy (non-hydrogen) atoms. The third-order valence-corrected chi connectivity index (χ3v) is 3.30. The zero-order valence-corrected chi connectivity index (χ0v) is 13.3. The lowest BCUT2D eigenvalue weighted by atomic mass is 10.1. The van der Waals surface area contributed by atoms with Crippen LogP contribution in [-0.2, 0) is 9.47 Å². The van der Waals surface area contributed by atoms with Gasteiger partial charge in [-0.25, -0.2) is 9.78 Å². The van der Waals surface area contributed by atoms with Crippen LogP contribution in [0.3, 0.4) is 0 Å². The minimum absolute atomic E-state index is 0.00208. The number of ether oxygens (including phenoxy) is 2. The summed E-state index contributed by atoms with van der Waals surface area (Å²) in [5, 5.41) is 13.7. The molecule has 8 nitrogen and oxygen atoms in total. The lowest BCUT2D eigenvalue weighted by molar-refractivity contribution is -0.384. The number of carbonyl (C=O) groups is 1. The van der Waals surface area contributed by atoms with Crippen LogP contribution in [0.4, 0.5) is 11.5 Å². The lowest BCUT2D eigenvalue weighted by Gasteiger charge is -2.11. The van der Waals surface area contributed by atoms with Gasteiger partial charge in [-0.15, -0.1) is 0 Å². The van der Waals surface area contributed by atoms with E-state index in [2.05, 4.69) is 10.3 Å². The van der Waals surface area contributed by atoms with E-state index < -0.39 is 10.9 Å². The number of esters is 1. The first-order valence-electron chi connectivity index (χ1n) is 7.12. The van der Waals surface area contributed by atoms with Crippen molar-refractivity contribution < 1.29 is 19.2 Å². The molecule has 0 unspecified atom stereocenters. The van der Waals surface area contributed by atoms with Crippen molar-refractivity contribution in [2.75, 3.05) is 32.7 Å². The molecule has 0 fully saturated rings. The quantitative estimate of drug-likeness (QED) is 0.360. The number of anilines is 1. The number of carbonyl (C=O) groups excluding carboxylic acids is 1. The second kappa shape index (κ2) is 8.02. The zero-order valence-electron chi connectivity index (χ0n) is 13.3. The summed E-state index contributed by atoms with van der Waals surface area (Å²) in [7, 11) is 2.87. The Morgan fingerprint density at radius 3 is 2.54 bits per heavy atom. The number of pyridine rings is 1. The van der Waals surface area contributed by atoms with Gasteiger partial charge in [0.25, 0.3) is 5.69 Å². The average molecular weight is 331 g/mol. The third kappa shape index (κ3) is 4.05. The van der Waals surface area contributed by atoms with Crippen LogP contribution in [0, 0.1) is 10.1 Å².